The highest BCUT2D eigenvalue weighted by Gasteiger charge is 2.10. The molecule has 0 aliphatic heterocycles. The molecule has 0 spiro atoms. The van der Waals surface area contributed by atoms with E-state index in [9.17, 15) is 0 Å². The Kier molecular flexibility index (Phi) is 6.08. The molecule has 2 aromatic carbocycles. The molecule has 5 heteroatoms. The fourth-order valence-electron chi connectivity index (χ4n) is 2.00. The zero-order valence-corrected chi connectivity index (χ0v) is 15.6. The predicted octanol–water partition coefficient (Wildman–Crippen LogP) is 5.41. The fourth-order valence-corrected chi connectivity index (χ4v) is 3.02. The van der Waals surface area contributed by atoms with E-state index in [0.717, 1.165) is 31.9 Å². The summed E-state index contributed by atoms with van der Waals surface area (Å²) in [5.74, 6) is 1.47. The number of benzene rings is 2. The molecule has 0 saturated carbocycles. The molecule has 0 radical (unpaired) electrons. The maximum atomic E-state index is 6.12. The number of ether oxygens (including phenoxy) is 2. The third-order valence-electron chi connectivity index (χ3n) is 3.13. The maximum absolute atomic E-state index is 6.12. The van der Waals surface area contributed by atoms with Crippen molar-refractivity contribution in [1.29, 1.82) is 0 Å². The molecule has 0 N–H and O–H groups in total. The van der Waals surface area contributed by atoms with Crippen molar-refractivity contribution in [2.45, 2.75) is 13.8 Å². The van der Waals surface area contributed by atoms with Gasteiger partial charge in [0.05, 0.1) is 23.0 Å². The van der Waals surface area contributed by atoms with Crippen molar-refractivity contribution in [3.05, 3.63) is 50.1 Å². The monoisotopic (exact) mass is 429 g/mol. The van der Waals surface area contributed by atoms with E-state index in [1.807, 2.05) is 50.4 Å². The molecule has 0 amide bonds. The molecule has 0 atom stereocenters. The summed E-state index contributed by atoms with van der Waals surface area (Å²) in [4.78, 5) is 4.53. The van der Waals surface area contributed by atoms with Crippen molar-refractivity contribution in [1.82, 2.24) is 0 Å². The van der Waals surface area contributed by atoms with Crippen molar-refractivity contribution < 1.29 is 9.47 Å². The first kappa shape index (κ1) is 17.1. The Labute approximate surface area is 149 Å². The van der Waals surface area contributed by atoms with E-state index in [1.54, 1.807) is 7.11 Å². The summed E-state index contributed by atoms with van der Waals surface area (Å²) in [6.45, 7) is 4.49. The van der Waals surface area contributed by atoms with Crippen LogP contribution in [-0.4, -0.2) is 19.9 Å². The molecule has 116 valence electrons. The quantitative estimate of drug-likeness (QED) is 0.470. The highest BCUT2D eigenvalue weighted by Crippen LogP contribution is 2.33. The molecule has 0 fully saturated rings. The highest BCUT2D eigenvalue weighted by atomic mass is 127. The number of methoxy groups -OCH3 is 1. The topological polar surface area (TPSA) is 30.8 Å². The summed E-state index contributed by atoms with van der Waals surface area (Å²) < 4.78 is 12.0. The fraction of sp³-hybridized carbons (Fsp3) is 0.235. The normalized spacial score (nSPS) is 11.0. The van der Waals surface area contributed by atoms with E-state index in [0.29, 0.717) is 11.6 Å². The van der Waals surface area contributed by atoms with Gasteiger partial charge < -0.3 is 9.47 Å². The number of nitrogens with zero attached hydrogens (tertiary/aromatic N) is 1. The van der Waals surface area contributed by atoms with Crippen molar-refractivity contribution in [2.24, 2.45) is 4.99 Å². The van der Waals surface area contributed by atoms with Crippen molar-refractivity contribution in [3.63, 3.8) is 0 Å². The summed E-state index contributed by atoms with van der Waals surface area (Å²) in [6.07, 6.45) is 1.81. The summed E-state index contributed by atoms with van der Waals surface area (Å²) in [7, 11) is 1.64. The first-order chi connectivity index (χ1) is 10.6. The second-order valence-electron chi connectivity index (χ2n) is 4.61. The van der Waals surface area contributed by atoms with Gasteiger partial charge in [-0.15, -0.1) is 0 Å². The Bertz CT molecular complexity index is 701. The Morgan fingerprint density at radius 1 is 1.32 bits per heavy atom. The Hall–Kier alpha value is -1.27. The first-order valence-electron chi connectivity index (χ1n) is 6.86. The molecule has 2 aromatic rings. The van der Waals surface area contributed by atoms with Crippen LogP contribution in [0.3, 0.4) is 0 Å². The summed E-state index contributed by atoms with van der Waals surface area (Å²) in [6, 6.07) is 9.62. The summed E-state index contributed by atoms with van der Waals surface area (Å²) >= 11 is 8.35. The van der Waals surface area contributed by atoms with Crippen LogP contribution in [0, 0.1) is 10.5 Å². The van der Waals surface area contributed by atoms with Gasteiger partial charge in [0, 0.05) is 11.2 Å². The van der Waals surface area contributed by atoms with Gasteiger partial charge >= 0.3 is 0 Å². The van der Waals surface area contributed by atoms with Crippen LogP contribution >= 0.6 is 34.2 Å². The van der Waals surface area contributed by atoms with Gasteiger partial charge in [-0.25, -0.2) is 0 Å². The van der Waals surface area contributed by atoms with Crippen LogP contribution < -0.4 is 9.47 Å². The number of halogens is 2. The molecule has 0 unspecified atom stereocenters. The van der Waals surface area contributed by atoms with Gasteiger partial charge in [-0.05, 0) is 71.8 Å². The molecule has 0 bridgehead atoms. The van der Waals surface area contributed by atoms with Crippen LogP contribution in [0.2, 0.25) is 5.02 Å². The molecule has 0 saturated heterocycles. The molecule has 0 aliphatic rings. The van der Waals surface area contributed by atoms with Gasteiger partial charge in [-0.3, -0.25) is 4.99 Å². The zero-order valence-electron chi connectivity index (χ0n) is 12.7. The molecule has 0 aromatic heterocycles. The van der Waals surface area contributed by atoms with E-state index in [2.05, 4.69) is 27.6 Å². The second kappa shape index (κ2) is 7.83. The lowest BCUT2D eigenvalue weighted by Crippen LogP contribution is -1.98. The average molecular weight is 430 g/mol. The Morgan fingerprint density at radius 2 is 2.09 bits per heavy atom. The average Bonchev–Trinajstić information content (AvgIpc) is 2.49. The largest absolute Gasteiger partial charge is 0.492 e. The molecule has 3 nitrogen and oxygen atoms in total. The van der Waals surface area contributed by atoms with E-state index in [-0.39, 0.29) is 0 Å². The van der Waals surface area contributed by atoms with E-state index in [1.165, 1.54) is 0 Å². The van der Waals surface area contributed by atoms with Crippen LogP contribution in [0.4, 0.5) is 5.69 Å². The van der Waals surface area contributed by atoms with Gasteiger partial charge in [0.15, 0.2) is 11.5 Å². The summed E-state index contributed by atoms with van der Waals surface area (Å²) in [5, 5.41) is 0.717. The van der Waals surface area contributed by atoms with E-state index in [4.69, 9.17) is 21.1 Å². The number of hydrogen-bond donors (Lipinski definition) is 0. The molecule has 0 aliphatic carbocycles. The zero-order chi connectivity index (χ0) is 16.1. The number of hydrogen-bond acceptors (Lipinski definition) is 3. The van der Waals surface area contributed by atoms with Crippen LogP contribution in [-0.2, 0) is 0 Å². The maximum Gasteiger partial charge on any atom is 0.174 e. The first-order valence-corrected chi connectivity index (χ1v) is 8.32. The van der Waals surface area contributed by atoms with Crippen molar-refractivity contribution >= 4 is 46.1 Å². The minimum atomic E-state index is 0.584. The lowest BCUT2D eigenvalue weighted by molar-refractivity contribution is 0.309. The lowest BCUT2D eigenvalue weighted by Gasteiger charge is -2.12. The van der Waals surface area contributed by atoms with Crippen molar-refractivity contribution in [2.75, 3.05) is 13.7 Å². The van der Waals surface area contributed by atoms with Crippen LogP contribution in [0.5, 0.6) is 11.5 Å². The SMILES string of the molecule is CCOc1cc(C=Nc2cccc(Cl)c2C)cc(I)c1OC. The summed E-state index contributed by atoms with van der Waals surface area (Å²) in [5.41, 5.74) is 2.78. The van der Waals surface area contributed by atoms with E-state index >= 15 is 0 Å². The lowest BCUT2D eigenvalue weighted by atomic mass is 10.2. The Morgan fingerprint density at radius 3 is 2.77 bits per heavy atom. The standard InChI is InChI=1S/C17H17ClINO2/c1-4-22-16-9-12(8-14(19)17(16)21-3)10-20-15-7-5-6-13(18)11(15)2/h5-10H,4H2,1-3H3. The van der Waals surface area contributed by atoms with E-state index < -0.39 is 0 Å². The predicted molar refractivity (Wildman–Crippen MR) is 100 cm³/mol. The molecule has 0 heterocycles. The molecular formula is C17H17ClINO2. The van der Waals surface area contributed by atoms with Crippen LogP contribution in [0.1, 0.15) is 18.1 Å². The van der Waals surface area contributed by atoms with Crippen molar-refractivity contribution in [3.8, 4) is 11.5 Å². The van der Waals surface area contributed by atoms with Gasteiger partial charge in [-0.1, -0.05) is 17.7 Å². The molecule has 22 heavy (non-hydrogen) atoms. The minimum Gasteiger partial charge on any atom is -0.492 e. The number of rotatable bonds is 5. The van der Waals surface area contributed by atoms with Gasteiger partial charge in [0.25, 0.3) is 0 Å². The van der Waals surface area contributed by atoms with Gasteiger partial charge in [0.1, 0.15) is 0 Å². The third-order valence-corrected chi connectivity index (χ3v) is 4.34. The highest BCUT2D eigenvalue weighted by molar-refractivity contribution is 14.1. The second-order valence-corrected chi connectivity index (χ2v) is 6.18. The van der Waals surface area contributed by atoms with Crippen LogP contribution in [0.15, 0.2) is 35.3 Å². The minimum absolute atomic E-state index is 0.584. The third kappa shape index (κ3) is 3.93. The molecule has 2 rings (SSSR count). The van der Waals surface area contributed by atoms with Crippen LogP contribution in [0.25, 0.3) is 0 Å². The molecular weight excluding hydrogens is 413 g/mol. The Balaban J connectivity index is 2.37. The number of aliphatic imine (C=N–C) groups is 1. The van der Waals surface area contributed by atoms with Gasteiger partial charge in [0.2, 0.25) is 0 Å². The van der Waals surface area contributed by atoms with Gasteiger partial charge in [-0.2, -0.15) is 0 Å². The smallest absolute Gasteiger partial charge is 0.174 e.